The molecule has 1 aliphatic rings. The van der Waals surface area contributed by atoms with Gasteiger partial charge in [-0.3, -0.25) is 4.90 Å². The average Bonchev–Trinajstić information content (AvgIpc) is 2.86. The quantitative estimate of drug-likeness (QED) is 0.349. The molecule has 1 fully saturated rings. The maximum Gasteiger partial charge on any atom is 0.336 e. The summed E-state index contributed by atoms with van der Waals surface area (Å²) in [5, 5.41) is 13.7. The van der Waals surface area contributed by atoms with E-state index in [1.54, 1.807) is 14.2 Å². The number of morpholine rings is 1. The largest absolute Gasteiger partial charge is 0.507 e. The summed E-state index contributed by atoms with van der Waals surface area (Å²) in [5.74, 6) is 1.43. The fraction of sp³-hybridized carbons (Fsp3) is 0.296. The van der Waals surface area contributed by atoms with E-state index < -0.39 is 5.63 Å². The number of fused-ring (bicyclic) bond motifs is 3. The number of aromatic hydroxyl groups is 1. The van der Waals surface area contributed by atoms with Crippen molar-refractivity contribution < 1.29 is 23.7 Å². The fourth-order valence-electron chi connectivity index (χ4n) is 4.85. The highest BCUT2D eigenvalue weighted by atomic mass is 16.5. The Bertz CT molecular complexity index is 1420. The third-order valence-corrected chi connectivity index (χ3v) is 6.54. The summed E-state index contributed by atoms with van der Waals surface area (Å²) in [6, 6.07) is 14.7. The van der Waals surface area contributed by atoms with Gasteiger partial charge in [0.05, 0.1) is 33.5 Å². The van der Waals surface area contributed by atoms with E-state index in [1.165, 1.54) is 6.07 Å². The van der Waals surface area contributed by atoms with Gasteiger partial charge in [-0.25, -0.2) is 4.79 Å². The van der Waals surface area contributed by atoms with Crippen LogP contribution >= 0.6 is 0 Å². The van der Waals surface area contributed by atoms with Crippen molar-refractivity contribution in [1.29, 1.82) is 0 Å². The second-order valence-corrected chi connectivity index (χ2v) is 8.45. The Kier molecular flexibility index (Phi) is 5.89. The minimum atomic E-state index is -0.405. The lowest BCUT2D eigenvalue weighted by Crippen LogP contribution is -2.39. The number of aryl methyl sites for hydroxylation is 1. The first kappa shape index (κ1) is 22.3. The third kappa shape index (κ3) is 3.77. The van der Waals surface area contributed by atoms with Gasteiger partial charge in [0.1, 0.15) is 11.3 Å². The molecule has 0 radical (unpaired) electrons. The monoisotopic (exact) mass is 461 g/mol. The van der Waals surface area contributed by atoms with Gasteiger partial charge in [-0.1, -0.05) is 18.2 Å². The van der Waals surface area contributed by atoms with E-state index >= 15 is 0 Å². The van der Waals surface area contributed by atoms with Crippen LogP contribution in [0.4, 0.5) is 0 Å². The van der Waals surface area contributed by atoms with Gasteiger partial charge in [0.25, 0.3) is 0 Å². The highest BCUT2D eigenvalue weighted by Crippen LogP contribution is 2.42. The molecule has 0 aliphatic carbocycles. The Balaban J connectivity index is 1.72. The Morgan fingerprint density at radius 3 is 2.35 bits per heavy atom. The fourth-order valence-corrected chi connectivity index (χ4v) is 4.85. The third-order valence-electron chi connectivity index (χ3n) is 6.54. The predicted molar refractivity (Wildman–Crippen MR) is 130 cm³/mol. The summed E-state index contributed by atoms with van der Waals surface area (Å²) in [6.45, 7) is 4.57. The van der Waals surface area contributed by atoms with Crippen LogP contribution in [0.15, 0.2) is 57.7 Å². The molecule has 1 saturated heterocycles. The van der Waals surface area contributed by atoms with E-state index in [2.05, 4.69) is 4.90 Å². The van der Waals surface area contributed by atoms with E-state index in [9.17, 15) is 9.90 Å². The lowest BCUT2D eigenvalue weighted by atomic mass is 9.92. The summed E-state index contributed by atoms with van der Waals surface area (Å²) in [5.41, 5.74) is 2.65. The Morgan fingerprint density at radius 1 is 0.912 bits per heavy atom. The number of phenolic OH excluding ortho intramolecular Hbond substituents is 1. The van der Waals surface area contributed by atoms with Crippen LogP contribution in [0.5, 0.6) is 17.2 Å². The zero-order chi connectivity index (χ0) is 23.8. The average molecular weight is 462 g/mol. The van der Waals surface area contributed by atoms with Crippen LogP contribution in [-0.2, 0) is 4.74 Å². The van der Waals surface area contributed by atoms with E-state index in [1.807, 2.05) is 49.4 Å². The van der Waals surface area contributed by atoms with Crippen LogP contribution < -0.4 is 15.1 Å². The van der Waals surface area contributed by atoms with Crippen LogP contribution in [-0.4, -0.2) is 50.5 Å². The van der Waals surface area contributed by atoms with Crippen LogP contribution in [0.1, 0.15) is 22.7 Å². The van der Waals surface area contributed by atoms with Gasteiger partial charge >= 0.3 is 5.63 Å². The topological polar surface area (TPSA) is 81.4 Å². The molecule has 0 spiro atoms. The van der Waals surface area contributed by atoms with Crippen LogP contribution in [0.3, 0.4) is 0 Å². The Hall–Kier alpha value is -3.55. The summed E-state index contributed by atoms with van der Waals surface area (Å²) in [4.78, 5) is 14.3. The van der Waals surface area contributed by atoms with Crippen LogP contribution in [0, 0.1) is 6.92 Å². The first-order chi connectivity index (χ1) is 16.5. The second kappa shape index (κ2) is 9.00. The van der Waals surface area contributed by atoms with Crippen molar-refractivity contribution in [2.75, 3.05) is 40.5 Å². The maximum absolute atomic E-state index is 12.0. The highest BCUT2D eigenvalue weighted by molar-refractivity contribution is 6.07. The van der Waals surface area contributed by atoms with E-state index in [-0.39, 0.29) is 11.8 Å². The lowest BCUT2D eigenvalue weighted by molar-refractivity contribution is 0.0235. The first-order valence-electron chi connectivity index (χ1n) is 11.2. The molecule has 176 valence electrons. The molecule has 1 aromatic heterocycles. The molecule has 1 atom stereocenters. The number of phenols is 1. The first-order valence-corrected chi connectivity index (χ1v) is 11.2. The molecule has 3 aromatic carbocycles. The van der Waals surface area contributed by atoms with Gasteiger partial charge in [0.2, 0.25) is 0 Å². The molecule has 7 heteroatoms. The molecule has 1 N–H and O–H groups in total. The molecule has 0 unspecified atom stereocenters. The van der Waals surface area contributed by atoms with Gasteiger partial charge in [-0.15, -0.1) is 0 Å². The normalized spacial score (nSPS) is 15.5. The second-order valence-electron chi connectivity index (χ2n) is 8.45. The number of hydrogen-bond acceptors (Lipinski definition) is 7. The number of ether oxygens (including phenoxy) is 3. The molecule has 0 amide bonds. The summed E-state index contributed by atoms with van der Waals surface area (Å²) < 4.78 is 22.1. The molecular formula is C27H27NO6. The standard InChI is InChI=1S/C27H27NO6/c1-16-14-24(29)34-27-18(16)5-6-19-20(27)7-8-21(26(19)30)25(28-10-12-33-13-11-28)17-4-9-22(31-2)23(15-17)32-3/h4-9,14-15,25,30H,10-13H2,1-3H3/t25-/m0/s1. The van der Waals surface area contributed by atoms with Crippen molar-refractivity contribution in [1.82, 2.24) is 4.90 Å². The molecule has 2 heterocycles. The van der Waals surface area contributed by atoms with Crippen molar-refractivity contribution in [2.24, 2.45) is 0 Å². The smallest absolute Gasteiger partial charge is 0.336 e. The van der Waals surface area contributed by atoms with Crippen LogP contribution in [0.25, 0.3) is 21.7 Å². The summed E-state index contributed by atoms with van der Waals surface area (Å²) in [7, 11) is 3.22. The van der Waals surface area contributed by atoms with Gasteiger partial charge in [0.15, 0.2) is 11.5 Å². The van der Waals surface area contributed by atoms with Crippen molar-refractivity contribution in [2.45, 2.75) is 13.0 Å². The number of rotatable bonds is 5. The number of nitrogens with zero attached hydrogens (tertiary/aromatic N) is 1. The van der Waals surface area contributed by atoms with Gasteiger partial charge in [0, 0.05) is 40.9 Å². The zero-order valence-corrected chi connectivity index (χ0v) is 19.5. The SMILES string of the molecule is COc1ccc([C@@H](c2ccc3c(ccc4c(C)cc(=O)oc43)c2O)N2CCOCC2)cc1OC. The van der Waals surface area contributed by atoms with Crippen molar-refractivity contribution in [3.8, 4) is 17.2 Å². The Morgan fingerprint density at radius 2 is 1.62 bits per heavy atom. The van der Waals surface area contributed by atoms with Crippen molar-refractivity contribution >= 4 is 21.7 Å². The zero-order valence-electron chi connectivity index (χ0n) is 19.5. The van der Waals surface area contributed by atoms with E-state index in [0.717, 1.165) is 35.2 Å². The van der Waals surface area contributed by atoms with Crippen molar-refractivity contribution in [3.05, 3.63) is 75.6 Å². The number of methoxy groups -OCH3 is 2. The molecule has 1 aliphatic heterocycles. The minimum Gasteiger partial charge on any atom is -0.507 e. The molecular weight excluding hydrogens is 434 g/mol. The van der Waals surface area contributed by atoms with Crippen molar-refractivity contribution in [3.63, 3.8) is 0 Å². The molecule has 34 heavy (non-hydrogen) atoms. The van der Waals surface area contributed by atoms with E-state index in [0.29, 0.717) is 41.1 Å². The van der Waals surface area contributed by atoms with Gasteiger partial charge in [-0.05, 0) is 42.3 Å². The maximum atomic E-state index is 12.0. The number of hydrogen-bond donors (Lipinski definition) is 1. The molecule has 0 bridgehead atoms. The summed E-state index contributed by atoms with van der Waals surface area (Å²) >= 11 is 0. The molecule has 4 aromatic rings. The molecule has 7 nitrogen and oxygen atoms in total. The predicted octanol–water partition coefficient (Wildman–Crippen LogP) is 4.40. The lowest BCUT2D eigenvalue weighted by Gasteiger charge is -2.35. The number of benzene rings is 3. The summed E-state index contributed by atoms with van der Waals surface area (Å²) in [6.07, 6.45) is 0. The minimum absolute atomic E-state index is 0.162. The highest BCUT2D eigenvalue weighted by Gasteiger charge is 2.28. The van der Waals surface area contributed by atoms with Gasteiger partial charge < -0.3 is 23.7 Å². The molecule has 5 rings (SSSR count). The van der Waals surface area contributed by atoms with E-state index in [4.69, 9.17) is 18.6 Å². The van der Waals surface area contributed by atoms with Gasteiger partial charge in [-0.2, -0.15) is 0 Å². The molecule has 0 saturated carbocycles. The Labute approximate surface area is 197 Å². The van der Waals surface area contributed by atoms with Crippen LogP contribution in [0.2, 0.25) is 0 Å².